The Labute approximate surface area is 130 Å². The molecule has 0 saturated carbocycles. The molecule has 0 fully saturated rings. The number of benzene rings is 1. The maximum absolute atomic E-state index is 14.2. The highest BCUT2D eigenvalue weighted by Crippen LogP contribution is 2.33. The number of halogens is 3. The fourth-order valence-electron chi connectivity index (χ4n) is 2.00. The molecule has 0 aliphatic heterocycles. The molecule has 0 aliphatic rings. The molecule has 0 aliphatic carbocycles. The summed E-state index contributed by atoms with van der Waals surface area (Å²) in [5.74, 6) is -0.670. The van der Waals surface area contributed by atoms with Gasteiger partial charge in [0.2, 0.25) is 0 Å². The van der Waals surface area contributed by atoms with Crippen molar-refractivity contribution in [3.63, 3.8) is 0 Å². The number of hydrogen-bond donors (Lipinski definition) is 1. The third-order valence-electron chi connectivity index (χ3n) is 3.35. The van der Waals surface area contributed by atoms with Gasteiger partial charge in [-0.1, -0.05) is 6.92 Å². The van der Waals surface area contributed by atoms with Crippen molar-refractivity contribution in [3.8, 4) is 11.3 Å². The van der Waals surface area contributed by atoms with E-state index in [1.807, 2.05) is 13.8 Å². The fourth-order valence-corrected chi connectivity index (χ4v) is 2.33. The molecule has 0 bridgehead atoms. The van der Waals surface area contributed by atoms with Crippen molar-refractivity contribution in [1.29, 1.82) is 0 Å². The highest BCUT2D eigenvalue weighted by atomic mass is 79.9. The minimum atomic E-state index is -0.666. The predicted molar refractivity (Wildman–Crippen MR) is 83.3 cm³/mol. The zero-order valence-electron chi connectivity index (χ0n) is 12.1. The molecule has 2 aromatic rings. The Morgan fingerprint density at radius 3 is 2.52 bits per heavy atom. The molecule has 21 heavy (non-hydrogen) atoms. The summed E-state index contributed by atoms with van der Waals surface area (Å²) in [6, 6.07) is 2.54. The monoisotopic (exact) mass is 355 g/mol. The zero-order valence-corrected chi connectivity index (χ0v) is 13.7. The van der Waals surface area contributed by atoms with Crippen molar-refractivity contribution in [2.75, 3.05) is 11.9 Å². The first-order valence-corrected chi connectivity index (χ1v) is 7.48. The van der Waals surface area contributed by atoms with Gasteiger partial charge >= 0.3 is 0 Å². The molecule has 0 radical (unpaired) electrons. The Bertz CT molecular complexity index is 674. The molecule has 1 N–H and O–H groups in total. The zero-order chi connectivity index (χ0) is 15.6. The first-order chi connectivity index (χ1) is 9.97. The second-order valence-corrected chi connectivity index (χ2v) is 5.65. The van der Waals surface area contributed by atoms with Crippen molar-refractivity contribution in [1.82, 2.24) is 10.2 Å². The largest absolute Gasteiger partial charge is 0.368 e. The van der Waals surface area contributed by atoms with Gasteiger partial charge in [0.1, 0.15) is 17.3 Å². The Morgan fingerprint density at radius 1 is 1.14 bits per heavy atom. The Balaban J connectivity index is 2.56. The van der Waals surface area contributed by atoms with E-state index in [9.17, 15) is 8.78 Å². The van der Waals surface area contributed by atoms with Crippen LogP contribution >= 0.6 is 15.9 Å². The minimum absolute atomic E-state index is 0.153. The summed E-state index contributed by atoms with van der Waals surface area (Å²) in [4.78, 5) is 0. The van der Waals surface area contributed by atoms with Gasteiger partial charge in [-0.25, -0.2) is 8.78 Å². The minimum Gasteiger partial charge on any atom is -0.368 e. The van der Waals surface area contributed by atoms with Crippen LogP contribution in [0.5, 0.6) is 0 Å². The molecular weight excluding hydrogens is 340 g/mol. The summed E-state index contributed by atoms with van der Waals surface area (Å²) >= 11 is 3.07. The summed E-state index contributed by atoms with van der Waals surface area (Å²) in [6.07, 6.45) is 0.955. The number of nitrogens with zero attached hydrogens (tertiary/aromatic N) is 2. The van der Waals surface area contributed by atoms with E-state index >= 15 is 0 Å². The van der Waals surface area contributed by atoms with Crippen LogP contribution in [0.2, 0.25) is 0 Å². The van der Waals surface area contributed by atoms with Crippen LogP contribution in [0, 0.1) is 25.5 Å². The maximum Gasteiger partial charge on any atom is 0.151 e. The third kappa shape index (κ3) is 3.05. The number of aromatic nitrogens is 2. The number of rotatable bonds is 4. The molecule has 112 valence electrons. The van der Waals surface area contributed by atoms with Gasteiger partial charge in [0, 0.05) is 6.54 Å². The van der Waals surface area contributed by atoms with Crippen molar-refractivity contribution < 1.29 is 8.78 Å². The lowest BCUT2D eigenvalue weighted by Crippen LogP contribution is -2.08. The number of anilines is 1. The van der Waals surface area contributed by atoms with E-state index in [1.54, 1.807) is 6.92 Å². The molecule has 0 amide bonds. The van der Waals surface area contributed by atoms with Crippen LogP contribution < -0.4 is 5.32 Å². The van der Waals surface area contributed by atoms with Gasteiger partial charge < -0.3 is 5.32 Å². The molecule has 1 aromatic carbocycles. The molecule has 0 saturated heterocycles. The average molecular weight is 356 g/mol. The van der Waals surface area contributed by atoms with E-state index in [-0.39, 0.29) is 15.7 Å². The number of nitrogens with one attached hydrogen (secondary N) is 1. The van der Waals surface area contributed by atoms with Crippen molar-refractivity contribution >= 4 is 21.7 Å². The average Bonchev–Trinajstić information content (AvgIpc) is 2.47. The van der Waals surface area contributed by atoms with Gasteiger partial charge in [-0.15, -0.1) is 10.2 Å². The van der Waals surface area contributed by atoms with Gasteiger partial charge in [-0.2, -0.15) is 0 Å². The highest BCUT2D eigenvalue weighted by Gasteiger charge is 2.20. The van der Waals surface area contributed by atoms with Crippen LogP contribution in [0.25, 0.3) is 11.3 Å². The van der Waals surface area contributed by atoms with E-state index in [1.165, 1.54) is 12.1 Å². The highest BCUT2D eigenvalue weighted by molar-refractivity contribution is 9.10. The quantitative estimate of drug-likeness (QED) is 0.813. The van der Waals surface area contributed by atoms with Crippen LogP contribution in [0.15, 0.2) is 16.6 Å². The SMILES string of the molecule is CCCNc1nnc(-c2c(F)ccc(Br)c2F)c(C)c1C. The molecule has 6 heteroatoms. The van der Waals surface area contributed by atoms with E-state index in [0.29, 0.717) is 11.4 Å². The van der Waals surface area contributed by atoms with Crippen LogP contribution in [0.3, 0.4) is 0 Å². The lowest BCUT2D eigenvalue weighted by Gasteiger charge is -2.13. The first-order valence-electron chi connectivity index (χ1n) is 6.69. The van der Waals surface area contributed by atoms with E-state index < -0.39 is 11.6 Å². The summed E-state index contributed by atoms with van der Waals surface area (Å²) in [7, 11) is 0. The molecule has 3 nitrogen and oxygen atoms in total. The molecule has 1 aromatic heterocycles. The third-order valence-corrected chi connectivity index (χ3v) is 3.96. The fraction of sp³-hybridized carbons (Fsp3) is 0.333. The molecular formula is C15H16BrF2N3. The van der Waals surface area contributed by atoms with Crippen LogP contribution in [-0.4, -0.2) is 16.7 Å². The molecule has 2 rings (SSSR count). The smallest absolute Gasteiger partial charge is 0.151 e. The van der Waals surface area contributed by atoms with Crippen molar-refractivity contribution in [2.24, 2.45) is 0 Å². The summed E-state index contributed by atoms with van der Waals surface area (Å²) in [5.41, 5.74) is 1.62. The van der Waals surface area contributed by atoms with E-state index in [4.69, 9.17) is 0 Å². The topological polar surface area (TPSA) is 37.8 Å². The molecule has 0 unspecified atom stereocenters. The maximum atomic E-state index is 14.2. The van der Waals surface area contributed by atoms with Crippen LogP contribution in [0.1, 0.15) is 24.5 Å². The molecule has 1 heterocycles. The second kappa shape index (κ2) is 6.47. The standard InChI is InChI=1S/C15H16BrF2N3/c1-4-7-19-15-9(3)8(2)14(20-21-15)12-11(17)6-5-10(16)13(12)18/h5-6H,4,7H2,1-3H3,(H,19,21). The van der Waals surface area contributed by atoms with Crippen molar-refractivity contribution in [3.05, 3.63) is 39.4 Å². The Kier molecular flexibility index (Phi) is 4.88. The van der Waals surface area contributed by atoms with E-state index in [2.05, 4.69) is 31.4 Å². The van der Waals surface area contributed by atoms with Gasteiger partial charge in [-0.05, 0) is 59.5 Å². The van der Waals surface area contributed by atoms with Gasteiger partial charge in [0.05, 0.1) is 10.0 Å². The normalized spacial score (nSPS) is 10.8. The Morgan fingerprint density at radius 2 is 1.86 bits per heavy atom. The van der Waals surface area contributed by atoms with E-state index in [0.717, 1.165) is 18.5 Å². The summed E-state index contributed by atoms with van der Waals surface area (Å²) in [5, 5.41) is 11.2. The van der Waals surface area contributed by atoms with Crippen LogP contribution in [-0.2, 0) is 0 Å². The lowest BCUT2D eigenvalue weighted by molar-refractivity contribution is 0.583. The number of hydrogen-bond acceptors (Lipinski definition) is 3. The second-order valence-electron chi connectivity index (χ2n) is 4.79. The molecule has 0 atom stereocenters. The predicted octanol–water partition coefficient (Wildman–Crippen LogP) is 4.62. The van der Waals surface area contributed by atoms with Gasteiger partial charge in [0.25, 0.3) is 0 Å². The first kappa shape index (κ1) is 15.8. The van der Waals surface area contributed by atoms with Crippen LogP contribution in [0.4, 0.5) is 14.6 Å². The summed E-state index contributed by atoms with van der Waals surface area (Å²) in [6.45, 7) is 6.46. The lowest BCUT2D eigenvalue weighted by atomic mass is 10.0. The Hall–Kier alpha value is -1.56. The molecule has 0 spiro atoms. The summed E-state index contributed by atoms with van der Waals surface area (Å²) < 4.78 is 28.4. The van der Waals surface area contributed by atoms with Crippen molar-refractivity contribution in [2.45, 2.75) is 27.2 Å². The van der Waals surface area contributed by atoms with Gasteiger partial charge in [0.15, 0.2) is 5.82 Å². The van der Waals surface area contributed by atoms with Gasteiger partial charge in [-0.3, -0.25) is 0 Å².